The highest BCUT2D eigenvalue weighted by atomic mass is 19.1. The number of ether oxygens (including phenoxy) is 3. The molecule has 0 saturated heterocycles. The zero-order chi connectivity index (χ0) is 24.4. The molecule has 2 aromatic rings. The Morgan fingerprint density at radius 3 is 2.24 bits per heavy atom. The molecule has 7 heteroatoms. The van der Waals surface area contributed by atoms with Gasteiger partial charge in [0.05, 0.1) is 17.9 Å². The molecular formula is C26H32FNO5. The molecule has 0 spiro atoms. The van der Waals surface area contributed by atoms with E-state index in [0.717, 1.165) is 24.5 Å². The SMILES string of the molecule is CCOC(=O)c1ccc(C(=O)Nc2cc3c(cc2OCOC)C(C)(C)CCC3(C)C)cc1F. The van der Waals surface area contributed by atoms with E-state index in [1.165, 1.54) is 24.8 Å². The average molecular weight is 458 g/mol. The second-order valence-electron chi connectivity index (χ2n) is 9.58. The Balaban J connectivity index is 1.98. The number of amides is 1. The Morgan fingerprint density at radius 2 is 1.67 bits per heavy atom. The molecule has 1 aliphatic rings. The summed E-state index contributed by atoms with van der Waals surface area (Å²) in [6, 6.07) is 7.59. The van der Waals surface area contributed by atoms with E-state index in [9.17, 15) is 14.0 Å². The first-order chi connectivity index (χ1) is 15.5. The van der Waals surface area contributed by atoms with Crippen molar-refractivity contribution in [2.45, 2.75) is 58.3 Å². The van der Waals surface area contributed by atoms with Gasteiger partial charge in [-0.1, -0.05) is 27.7 Å². The molecule has 3 rings (SSSR count). The van der Waals surface area contributed by atoms with Gasteiger partial charge in [-0.25, -0.2) is 9.18 Å². The maximum Gasteiger partial charge on any atom is 0.341 e. The van der Waals surface area contributed by atoms with Gasteiger partial charge in [0.15, 0.2) is 6.79 Å². The summed E-state index contributed by atoms with van der Waals surface area (Å²) in [6.45, 7) is 10.6. The lowest BCUT2D eigenvalue weighted by molar-refractivity contribution is 0.0512. The summed E-state index contributed by atoms with van der Waals surface area (Å²) in [4.78, 5) is 24.8. The van der Waals surface area contributed by atoms with Crippen molar-refractivity contribution in [3.05, 3.63) is 58.4 Å². The highest BCUT2D eigenvalue weighted by molar-refractivity contribution is 6.05. The van der Waals surface area contributed by atoms with E-state index >= 15 is 0 Å². The second-order valence-corrected chi connectivity index (χ2v) is 9.58. The van der Waals surface area contributed by atoms with E-state index < -0.39 is 17.7 Å². The molecule has 0 saturated carbocycles. The number of hydrogen-bond donors (Lipinski definition) is 1. The van der Waals surface area contributed by atoms with Crippen LogP contribution in [-0.4, -0.2) is 32.4 Å². The van der Waals surface area contributed by atoms with Crippen LogP contribution in [0.1, 0.15) is 79.3 Å². The molecule has 1 N–H and O–H groups in total. The summed E-state index contributed by atoms with van der Waals surface area (Å²) in [7, 11) is 1.53. The smallest absolute Gasteiger partial charge is 0.341 e. The van der Waals surface area contributed by atoms with E-state index in [4.69, 9.17) is 14.2 Å². The predicted octanol–water partition coefficient (Wildman–Crippen LogP) is 5.59. The molecular weight excluding hydrogens is 425 g/mol. The Bertz CT molecular complexity index is 1060. The van der Waals surface area contributed by atoms with Gasteiger partial charge in [-0.15, -0.1) is 0 Å². The minimum Gasteiger partial charge on any atom is -0.465 e. The molecule has 178 valence electrons. The van der Waals surface area contributed by atoms with Crippen molar-refractivity contribution in [2.24, 2.45) is 0 Å². The van der Waals surface area contributed by atoms with Crippen LogP contribution in [0.15, 0.2) is 30.3 Å². The molecule has 0 aliphatic heterocycles. The molecule has 0 heterocycles. The maximum atomic E-state index is 14.5. The number of anilines is 1. The first-order valence-corrected chi connectivity index (χ1v) is 11.1. The molecule has 33 heavy (non-hydrogen) atoms. The highest BCUT2D eigenvalue weighted by Crippen LogP contribution is 2.48. The molecule has 0 unspecified atom stereocenters. The number of hydrogen-bond acceptors (Lipinski definition) is 5. The van der Waals surface area contributed by atoms with Crippen molar-refractivity contribution in [3.8, 4) is 5.75 Å². The van der Waals surface area contributed by atoms with Gasteiger partial charge in [0.25, 0.3) is 5.91 Å². The Hall–Kier alpha value is -2.93. The first-order valence-electron chi connectivity index (χ1n) is 11.1. The minimum atomic E-state index is -0.815. The fourth-order valence-electron chi connectivity index (χ4n) is 4.16. The summed E-state index contributed by atoms with van der Waals surface area (Å²) in [5.41, 5.74) is 2.56. The summed E-state index contributed by atoms with van der Waals surface area (Å²) in [5.74, 6) is -1.61. The molecule has 0 aromatic heterocycles. The summed E-state index contributed by atoms with van der Waals surface area (Å²) in [6.07, 6.45) is 2.05. The molecule has 1 amide bonds. The van der Waals surface area contributed by atoms with E-state index in [0.29, 0.717) is 11.4 Å². The van der Waals surface area contributed by atoms with E-state index in [-0.39, 0.29) is 35.4 Å². The average Bonchev–Trinajstić information content (AvgIpc) is 2.75. The van der Waals surface area contributed by atoms with Crippen LogP contribution in [0.25, 0.3) is 0 Å². The van der Waals surface area contributed by atoms with Crippen molar-refractivity contribution in [2.75, 3.05) is 25.8 Å². The van der Waals surface area contributed by atoms with Gasteiger partial charge in [-0.2, -0.15) is 0 Å². The lowest BCUT2D eigenvalue weighted by Gasteiger charge is -2.42. The summed E-state index contributed by atoms with van der Waals surface area (Å²) in [5, 5.41) is 2.85. The number of halogens is 1. The third-order valence-electron chi connectivity index (χ3n) is 6.26. The molecule has 0 atom stereocenters. The second kappa shape index (κ2) is 9.51. The van der Waals surface area contributed by atoms with Crippen LogP contribution >= 0.6 is 0 Å². The highest BCUT2D eigenvalue weighted by Gasteiger charge is 2.38. The topological polar surface area (TPSA) is 73.9 Å². The molecule has 1 aliphatic carbocycles. The number of esters is 1. The number of carbonyl (C=O) groups excluding carboxylic acids is 2. The predicted molar refractivity (Wildman–Crippen MR) is 125 cm³/mol. The van der Waals surface area contributed by atoms with Crippen molar-refractivity contribution in [3.63, 3.8) is 0 Å². The number of methoxy groups -OCH3 is 1. The van der Waals surface area contributed by atoms with Gasteiger partial charge < -0.3 is 19.5 Å². The molecule has 2 aromatic carbocycles. The van der Waals surface area contributed by atoms with Gasteiger partial charge in [0.1, 0.15) is 11.6 Å². The Morgan fingerprint density at radius 1 is 1.03 bits per heavy atom. The van der Waals surface area contributed by atoms with E-state index in [1.54, 1.807) is 6.92 Å². The van der Waals surface area contributed by atoms with E-state index in [2.05, 4.69) is 33.0 Å². The monoisotopic (exact) mass is 457 g/mol. The number of fused-ring (bicyclic) bond motifs is 1. The first kappa shape index (κ1) is 24.7. The van der Waals surface area contributed by atoms with Crippen LogP contribution < -0.4 is 10.1 Å². The zero-order valence-electron chi connectivity index (χ0n) is 20.1. The van der Waals surface area contributed by atoms with Crippen molar-refractivity contribution < 1.29 is 28.2 Å². The lowest BCUT2D eigenvalue weighted by Crippen LogP contribution is -2.34. The zero-order valence-corrected chi connectivity index (χ0v) is 20.1. The van der Waals surface area contributed by atoms with Gasteiger partial charge in [-0.05, 0) is 72.1 Å². The quantitative estimate of drug-likeness (QED) is 0.434. The van der Waals surface area contributed by atoms with Crippen LogP contribution in [0.5, 0.6) is 5.75 Å². The van der Waals surface area contributed by atoms with Gasteiger partial charge in [0, 0.05) is 12.7 Å². The maximum absolute atomic E-state index is 14.5. The van der Waals surface area contributed by atoms with Crippen LogP contribution in [0.3, 0.4) is 0 Å². The number of benzene rings is 2. The third-order valence-corrected chi connectivity index (χ3v) is 6.26. The molecule has 0 radical (unpaired) electrons. The number of carbonyl (C=O) groups is 2. The van der Waals surface area contributed by atoms with Crippen molar-refractivity contribution in [1.82, 2.24) is 0 Å². The number of rotatable bonds is 7. The van der Waals surface area contributed by atoms with Crippen LogP contribution in [-0.2, 0) is 20.3 Å². The van der Waals surface area contributed by atoms with Gasteiger partial charge in [-0.3, -0.25) is 4.79 Å². The van der Waals surface area contributed by atoms with E-state index in [1.807, 2.05) is 12.1 Å². The van der Waals surface area contributed by atoms with Crippen LogP contribution in [0.4, 0.5) is 10.1 Å². The Kier molecular flexibility index (Phi) is 7.12. The lowest BCUT2D eigenvalue weighted by atomic mass is 9.63. The minimum absolute atomic E-state index is 0.0222. The molecule has 6 nitrogen and oxygen atoms in total. The largest absolute Gasteiger partial charge is 0.465 e. The molecule has 0 fully saturated rings. The Labute approximate surface area is 194 Å². The fraction of sp³-hybridized carbons (Fsp3) is 0.462. The standard InChI is InChI=1S/C26H32FNO5/c1-7-32-24(30)17-9-8-16(12-20(17)27)23(29)28-21-13-18-19(14-22(21)33-15-31-6)26(4,5)11-10-25(18,2)3/h8-9,12-14H,7,10-11,15H2,1-6H3,(H,28,29). The van der Waals surface area contributed by atoms with Crippen molar-refractivity contribution in [1.29, 1.82) is 0 Å². The molecule has 0 bridgehead atoms. The van der Waals surface area contributed by atoms with Crippen LogP contribution in [0.2, 0.25) is 0 Å². The summed E-state index contributed by atoms with van der Waals surface area (Å²) >= 11 is 0. The van der Waals surface area contributed by atoms with Gasteiger partial charge >= 0.3 is 5.97 Å². The number of nitrogens with one attached hydrogen (secondary N) is 1. The van der Waals surface area contributed by atoms with Crippen molar-refractivity contribution >= 4 is 17.6 Å². The summed E-state index contributed by atoms with van der Waals surface area (Å²) < 4.78 is 30.1. The van der Waals surface area contributed by atoms with Gasteiger partial charge in [0.2, 0.25) is 0 Å². The normalized spacial score (nSPS) is 16.0. The fourth-order valence-corrected chi connectivity index (χ4v) is 4.16. The van der Waals surface area contributed by atoms with Crippen LogP contribution in [0, 0.1) is 5.82 Å². The third kappa shape index (κ3) is 5.19.